The predicted octanol–water partition coefficient (Wildman–Crippen LogP) is 3.05. The van der Waals surface area contributed by atoms with Crippen molar-refractivity contribution in [3.8, 4) is 0 Å². The number of benzene rings is 1. The molecule has 1 atom stereocenters. The van der Waals surface area contributed by atoms with E-state index in [-0.39, 0.29) is 0 Å². The molecule has 1 unspecified atom stereocenters. The SMILES string of the molecule is c1cc2cc(C3CCCCN3)ccc2cn1. The van der Waals surface area contributed by atoms with Gasteiger partial charge in [0.15, 0.2) is 0 Å². The van der Waals surface area contributed by atoms with Gasteiger partial charge in [-0.2, -0.15) is 0 Å². The Morgan fingerprint density at radius 2 is 2.12 bits per heavy atom. The molecule has 3 rings (SSSR count). The van der Waals surface area contributed by atoms with Crippen molar-refractivity contribution in [2.75, 3.05) is 6.54 Å². The molecule has 0 saturated carbocycles. The maximum Gasteiger partial charge on any atom is 0.0346 e. The van der Waals surface area contributed by atoms with Crippen molar-refractivity contribution >= 4 is 10.8 Å². The summed E-state index contributed by atoms with van der Waals surface area (Å²) in [7, 11) is 0. The van der Waals surface area contributed by atoms with Gasteiger partial charge in [0.05, 0.1) is 0 Å². The first kappa shape index (κ1) is 9.79. The molecule has 1 aliphatic rings. The third-order valence-electron chi connectivity index (χ3n) is 3.38. The molecular formula is C14H16N2. The van der Waals surface area contributed by atoms with Crippen LogP contribution in [0, 0.1) is 0 Å². The van der Waals surface area contributed by atoms with Gasteiger partial charge in [-0.3, -0.25) is 4.98 Å². The fourth-order valence-corrected chi connectivity index (χ4v) is 2.45. The molecule has 1 aromatic carbocycles. The quantitative estimate of drug-likeness (QED) is 0.786. The molecule has 0 radical (unpaired) electrons. The van der Waals surface area contributed by atoms with Crippen molar-refractivity contribution in [1.82, 2.24) is 10.3 Å². The van der Waals surface area contributed by atoms with Crippen LogP contribution in [0.15, 0.2) is 36.7 Å². The van der Waals surface area contributed by atoms with Crippen LogP contribution in [0.5, 0.6) is 0 Å². The van der Waals surface area contributed by atoms with E-state index >= 15 is 0 Å². The first-order valence-electron chi connectivity index (χ1n) is 6.00. The van der Waals surface area contributed by atoms with Crippen LogP contribution in [0.4, 0.5) is 0 Å². The molecule has 2 heteroatoms. The number of aromatic nitrogens is 1. The Morgan fingerprint density at radius 3 is 3.00 bits per heavy atom. The fraction of sp³-hybridized carbons (Fsp3) is 0.357. The van der Waals surface area contributed by atoms with E-state index in [0.29, 0.717) is 6.04 Å². The number of hydrogen-bond acceptors (Lipinski definition) is 2. The second-order valence-electron chi connectivity index (χ2n) is 4.48. The van der Waals surface area contributed by atoms with Crippen LogP contribution in [0.25, 0.3) is 10.8 Å². The minimum absolute atomic E-state index is 0.548. The predicted molar refractivity (Wildman–Crippen MR) is 66.3 cm³/mol. The normalized spacial score (nSPS) is 21.1. The smallest absolute Gasteiger partial charge is 0.0346 e. The number of fused-ring (bicyclic) bond motifs is 1. The molecule has 0 bridgehead atoms. The molecule has 1 N–H and O–H groups in total. The number of nitrogens with zero attached hydrogens (tertiary/aromatic N) is 1. The summed E-state index contributed by atoms with van der Waals surface area (Å²) in [5, 5.41) is 6.10. The summed E-state index contributed by atoms with van der Waals surface area (Å²) in [5.74, 6) is 0. The topological polar surface area (TPSA) is 24.9 Å². The molecule has 0 aliphatic carbocycles. The molecule has 1 fully saturated rings. The highest BCUT2D eigenvalue weighted by Gasteiger charge is 2.14. The summed E-state index contributed by atoms with van der Waals surface area (Å²) in [6.07, 6.45) is 7.70. The van der Waals surface area contributed by atoms with E-state index in [1.165, 1.54) is 35.6 Å². The highest BCUT2D eigenvalue weighted by molar-refractivity contribution is 5.82. The minimum Gasteiger partial charge on any atom is -0.310 e. The Hall–Kier alpha value is -1.41. The van der Waals surface area contributed by atoms with Crippen LogP contribution in [0.1, 0.15) is 30.9 Å². The first-order chi connectivity index (χ1) is 7.93. The lowest BCUT2D eigenvalue weighted by atomic mass is 9.96. The van der Waals surface area contributed by atoms with Crippen LogP contribution >= 0.6 is 0 Å². The summed E-state index contributed by atoms with van der Waals surface area (Å²) in [5.41, 5.74) is 1.42. The summed E-state index contributed by atoms with van der Waals surface area (Å²) in [6, 6.07) is 9.33. The summed E-state index contributed by atoms with van der Waals surface area (Å²) >= 11 is 0. The van der Waals surface area contributed by atoms with E-state index in [2.05, 4.69) is 34.6 Å². The molecule has 1 aliphatic heterocycles. The van der Waals surface area contributed by atoms with Crippen LogP contribution in [-0.2, 0) is 0 Å². The van der Waals surface area contributed by atoms with Gasteiger partial charge in [-0.1, -0.05) is 18.6 Å². The number of pyridine rings is 1. The van der Waals surface area contributed by atoms with Gasteiger partial charge < -0.3 is 5.32 Å². The van der Waals surface area contributed by atoms with Crippen molar-refractivity contribution in [2.45, 2.75) is 25.3 Å². The maximum absolute atomic E-state index is 4.14. The monoisotopic (exact) mass is 212 g/mol. The van der Waals surface area contributed by atoms with Gasteiger partial charge in [0.1, 0.15) is 0 Å². The summed E-state index contributed by atoms with van der Waals surface area (Å²) in [6.45, 7) is 1.15. The largest absolute Gasteiger partial charge is 0.310 e. The molecule has 0 spiro atoms. The van der Waals surface area contributed by atoms with E-state index in [1.54, 1.807) is 0 Å². The number of hydrogen-bond donors (Lipinski definition) is 1. The summed E-state index contributed by atoms with van der Waals surface area (Å²) in [4.78, 5) is 4.14. The van der Waals surface area contributed by atoms with Gasteiger partial charge in [-0.25, -0.2) is 0 Å². The van der Waals surface area contributed by atoms with Crippen molar-refractivity contribution in [2.24, 2.45) is 0 Å². The molecule has 1 aromatic heterocycles. The minimum atomic E-state index is 0.548. The highest BCUT2D eigenvalue weighted by Crippen LogP contribution is 2.25. The fourth-order valence-electron chi connectivity index (χ4n) is 2.45. The van der Waals surface area contributed by atoms with Crippen molar-refractivity contribution in [1.29, 1.82) is 0 Å². The van der Waals surface area contributed by atoms with Crippen LogP contribution < -0.4 is 5.32 Å². The highest BCUT2D eigenvalue weighted by atomic mass is 14.9. The van der Waals surface area contributed by atoms with E-state index in [1.807, 2.05) is 12.4 Å². The van der Waals surface area contributed by atoms with Crippen LogP contribution in [-0.4, -0.2) is 11.5 Å². The third kappa shape index (κ3) is 1.81. The van der Waals surface area contributed by atoms with E-state index < -0.39 is 0 Å². The molecule has 82 valence electrons. The number of rotatable bonds is 1. The molecule has 2 heterocycles. The molecule has 1 saturated heterocycles. The number of nitrogens with one attached hydrogen (secondary N) is 1. The van der Waals surface area contributed by atoms with Gasteiger partial charge >= 0.3 is 0 Å². The Bertz CT molecular complexity index is 487. The standard InChI is InChI=1S/C14H16N2/c1-2-7-16-14(3-1)12-4-5-13-10-15-8-6-11(13)9-12/h4-6,8-10,14,16H,1-3,7H2. The van der Waals surface area contributed by atoms with Gasteiger partial charge in [0, 0.05) is 23.8 Å². The van der Waals surface area contributed by atoms with Gasteiger partial charge in [-0.15, -0.1) is 0 Å². The second-order valence-corrected chi connectivity index (χ2v) is 4.48. The molecule has 2 nitrogen and oxygen atoms in total. The lowest BCUT2D eigenvalue weighted by Crippen LogP contribution is -2.26. The van der Waals surface area contributed by atoms with Crippen molar-refractivity contribution < 1.29 is 0 Å². The lowest BCUT2D eigenvalue weighted by molar-refractivity contribution is 0.412. The van der Waals surface area contributed by atoms with Gasteiger partial charge in [-0.05, 0) is 42.5 Å². The third-order valence-corrected chi connectivity index (χ3v) is 3.38. The van der Waals surface area contributed by atoms with Crippen molar-refractivity contribution in [3.63, 3.8) is 0 Å². The Kier molecular flexibility index (Phi) is 2.58. The Balaban J connectivity index is 1.97. The molecular weight excluding hydrogens is 196 g/mol. The zero-order chi connectivity index (χ0) is 10.8. The van der Waals surface area contributed by atoms with Gasteiger partial charge in [0.25, 0.3) is 0 Å². The summed E-state index contributed by atoms with van der Waals surface area (Å²) < 4.78 is 0. The zero-order valence-electron chi connectivity index (χ0n) is 9.32. The molecule has 2 aromatic rings. The number of piperidine rings is 1. The first-order valence-corrected chi connectivity index (χ1v) is 6.00. The Morgan fingerprint density at radius 1 is 1.12 bits per heavy atom. The lowest BCUT2D eigenvalue weighted by Gasteiger charge is -2.24. The Labute approximate surface area is 95.7 Å². The average molecular weight is 212 g/mol. The van der Waals surface area contributed by atoms with E-state index in [9.17, 15) is 0 Å². The van der Waals surface area contributed by atoms with Gasteiger partial charge in [0.2, 0.25) is 0 Å². The van der Waals surface area contributed by atoms with Crippen LogP contribution in [0.3, 0.4) is 0 Å². The maximum atomic E-state index is 4.14. The second kappa shape index (κ2) is 4.22. The average Bonchev–Trinajstić information content (AvgIpc) is 2.39. The van der Waals surface area contributed by atoms with Crippen LogP contribution in [0.2, 0.25) is 0 Å². The van der Waals surface area contributed by atoms with Crippen molar-refractivity contribution in [3.05, 3.63) is 42.2 Å². The molecule has 16 heavy (non-hydrogen) atoms. The zero-order valence-corrected chi connectivity index (χ0v) is 9.32. The molecule has 0 amide bonds. The van der Waals surface area contributed by atoms with E-state index in [4.69, 9.17) is 0 Å². The van der Waals surface area contributed by atoms with E-state index in [0.717, 1.165) is 6.54 Å².